The van der Waals surface area contributed by atoms with Crippen LogP contribution in [0.4, 0.5) is 4.39 Å². The van der Waals surface area contributed by atoms with Gasteiger partial charge in [0.2, 0.25) is 0 Å². The Hall–Kier alpha value is -2.36. The first-order valence-corrected chi connectivity index (χ1v) is 10.9. The van der Waals surface area contributed by atoms with E-state index in [0.29, 0.717) is 36.7 Å². The summed E-state index contributed by atoms with van der Waals surface area (Å²) in [5.41, 5.74) is 9.21. The van der Waals surface area contributed by atoms with Gasteiger partial charge in [0.15, 0.2) is 10.8 Å². The first-order chi connectivity index (χ1) is 14.5. The molecule has 4 rings (SSSR count). The van der Waals surface area contributed by atoms with E-state index >= 15 is 0 Å². The van der Waals surface area contributed by atoms with Gasteiger partial charge in [-0.15, -0.1) is 10.2 Å². The molecule has 1 unspecified atom stereocenters. The summed E-state index contributed by atoms with van der Waals surface area (Å²) in [6.07, 6.45) is 0.659. The number of amidine groups is 1. The second kappa shape index (κ2) is 11.7. The van der Waals surface area contributed by atoms with Crippen molar-refractivity contribution in [3.63, 3.8) is 0 Å². The summed E-state index contributed by atoms with van der Waals surface area (Å²) >= 11 is 6.83. The number of aromatic nitrogens is 2. The van der Waals surface area contributed by atoms with Crippen LogP contribution in [-0.4, -0.2) is 52.6 Å². The van der Waals surface area contributed by atoms with E-state index in [1.54, 1.807) is 24.6 Å². The van der Waals surface area contributed by atoms with E-state index in [2.05, 4.69) is 15.2 Å². The van der Waals surface area contributed by atoms with Crippen LogP contribution in [0.5, 0.6) is 0 Å². The largest absolute Gasteiger partial charge is 0.463 e. The maximum Gasteiger partial charge on any atom is 0.337 e. The Kier molecular flexibility index (Phi) is 9.35. The van der Waals surface area contributed by atoms with Gasteiger partial charge in [-0.05, 0) is 25.1 Å². The zero-order valence-corrected chi connectivity index (χ0v) is 18.7. The summed E-state index contributed by atoms with van der Waals surface area (Å²) in [6, 6.07) is 5.81. The number of hydrogen-bond acceptors (Lipinski definition) is 8. The zero-order chi connectivity index (χ0) is 22.1. The van der Waals surface area contributed by atoms with E-state index in [0.717, 1.165) is 16.5 Å². The smallest absolute Gasteiger partial charge is 0.337 e. The number of hydrogen-bond donors (Lipinski definition) is 1. The lowest BCUT2D eigenvalue weighted by Crippen LogP contribution is -2.35. The Morgan fingerprint density at radius 3 is 2.77 bits per heavy atom. The van der Waals surface area contributed by atoms with Gasteiger partial charge >= 0.3 is 5.97 Å². The number of ether oxygens (including phenoxy) is 1. The van der Waals surface area contributed by atoms with Gasteiger partial charge in [-0.2, -0.15) is 0 Å². The Labute approximate surface area is 184 Å². The molecule has 1 aromatic carbocycles. The van der Waals surface area contributed by atoms with Crippen molar-refractivity contribution in [1.82, 2.24) is 15.1 Å². The Morgan fingerprint density at radius 2 is 2.20 bits per heavy atom. The van der Waals surface area contributed by atoms with Crippen LogP contribution < -0.4 is 5.73 Å². The summed E-state index contributed by atoms with van der Waals surface area (Å²) in [7, 11) is 0. The average Bonchev–Trinajstić information content (AvgIpc) is 3.38. The van der Waals surface area contributed by atoms with E-state index in [9.17, 15) is 9.18 Å². The van der Waals surface area contributed by atoms with E-state index in [-0.39, 0.29) is 17.8 Å². The molecule has 1 fully saturated rings. The van der Waals surface area contributed by atoms with Gasteiger partial charge < -0.3 is 15.4 Å². The van der Waals surface area contributed by atoms with Crippen LogP contribution in [0.2, 0.25) is 5.02 Å². The van der Waals surface area contributed by atoms with Crippen molar-refractivity contribution in [3.8, 4) is 0 Å². The predicted molar refractivity (Wildman–Crippen MR) is 117 cm³/mol. The SMILES string of the molecule is CC.CCOC(=O)C1=C2CC(N)CN2C(c2nncs2)=NC1.Fc1cccc(Cl)c1. The maximum atomic E-state index is 12.1. The van der Waals surface area contributed by atoms with Crippen LogP contribution in [0, 0.1) is 5.82 Å². The van der Waals surface area contributed by atoms with Gasteiger partial charge in [0.1, 0.15) is 11.3 Å². The summed E-state index contributed by atoms with van der Waals surface area (Å²) in [4.78, 5) is 18.4. The van der Waals surface area contributed by atoms with Gasteiger partial charge in [-0.3, -0.25) is 4.99 Å². The monoisotopic (exact) mass is 453 g/mol. The highest BCUT2D eigenvalue weighted by Gasteiger charge is 2.36. The third-order valence-electron chi connectivity index (χ3n) is 4.05. The summed E-state index contributed by atoms with van der Waals surface area (Å²) < 4.78 is 17.2. The fourth-order valence-corrected chi connectivity index (χ4v) is 3.66. The molecule has 1 atom stereocenters. The van der Waals surface area contributed by atoms with Gasteiger partial charge in [-0.1, -0.05) is 42.9 Å². The fraction of sp³-hybridized carbons (Fsp3) is 0.400. The molecule has 2 aliphatic rings. The number of benzene rings is 1. The van der Waals surface area contributed by atoms with Crippen molar-refractivity contribution >= 4 is 34.7 Å². The highest BCUT2D eigenvalue weighted by Crippen LogP contribution is 2.30. The summed E-state index contributed by atoms with van der Waals surface area (Å²) in [5, 5.41) is 9.07. The molecule has 0 aliphatic carbocycles. The van der Waals surface area contributed by atoms with Crippen molar-refractivity contribution in [2.24, 2.45) is 10.7 Å². The number of rotatable bonds is 3. The number of nitrogens with zero attached hydrogens (tertiary/aromatic N) is 4. The quantitative estimate of drug-likeness (QED) is 0.713. The lowest BCUT2D eigenvalue weighted by atomic mass is 10.1. The average molecular weight is 454 g/mol. The van der Waals surface area contributed by atoms with Gasteiger partial charge in [0.05, 0.1) is 18.7 Å². The zero-order valence-electron chi connectivity index (χ0n) is 17.1. The van der Waals surface area contributed by atoms with Crippen molar-refractivity contribution in [1.29, 1.82) is 0 Å². The number of carbonyl (C=O) groups excluding carboxylic acids is 1. The molecular formula is C20H25ClFN5O2S. The molecule has 0 saturated carbocycles. The van der Waals surface area contributed by atoms with E-state index in [4.69, 9.17) is 22.1 Å². The molecule has 0 spiro atoms. The lowest BCUT2D eigenvalue weighted by molar-refractivity contribution is -0.138. The van der Waals surface area contributed by atoms with Crippen molar-refractivity contribution < 1.29 is 13.9 Å². The first-order valence-electron chi connectivity index (χ1n) is 9.64. The summed E-state index contributed by atoms with van der Waals surface area (Å²) in [6.45, 7) is 7.09. The van der Waals surface area contributed by atoms with E-state index < -0.39 is 0 Å². The van der Waals surface area contributed by atoms with Crippen LogP contribution in [0.15, 0.2) is 46.0 Å². The molecule has 7 nitrogen and oxygen atoms in total. The molecule has 30 heavy (non-hydrogen) atoms. The molecule has 0 bridgehead atoms. The minimum atomic E-state index is -0.304. The fourth-order valence-electron chi connectivity index (χ4n) is 2.91. The van der Waals surface area contributed by atoms with Crippen LogP contribution in [-0.2, 0) is 9.53 Å². The molecule has 162 valence electrons. The molecule has 10 heteroatoms. The number of fused-ring (bicyclic) bond motifs is 1. The minimum absolute atomic E-state index is 0.00866. The highest BCUT2D eigenvalue weighted by atomic mass is 35.5. The minimum Gasteiger partial charge on any atom is -0.463 e. The molecule has 0 radical (unpaired) electrons. The molecule has 2 N–H and O–H groups in total. The second-order valence-electron chi connectivity index (χ2n) is 6.04. The number of carbonyl (C=O) groups is 1. The third-order valence-corrected chi connectivity index (χ3v) is 4.97. The van der Waals surface area contributed by atoms with E-state index in [1.807, 2.05) is 18.7 Å². The Bertz CT molecular complexity index is 887. The standard InChI is InChI=1S/C12H15N5O2S.C6H4ClF.C2H6/c1-2-19-12(18)8-4-14-10(11-16-15-6-20-11)17-5-7(13)3-9(8)17;7-5-2-1-3-6(8)4-5;1-2/h6-7H,2-5,13H2,1H3;1-4H;1-2H3. The van der Waals surface area contributed by atoms with Crippen molar-refractivity contribution in [2.75, 3.05) is 19.7 Å². The predicted octanol–water partition coefficient (Wildman–Crippen LogP) is 3.65. The van der Waals surface area contributed by atoms with Crippen LogP contribution >= 0.6 is 22.9 Å². The number of nitrogens with two attached hydrogens (primary N) is 1. The summed E-state index contributed by atoms with van der Waals surface area (Å²) in [5.74, 6) is 0.155. The topological polar surface area (TPSA) is 93.7 Å². The van der Waals surface area contributed by atoms with Crippen LogP contribution in [0.3, 0.4) is 0 Å². The van der Waals surface area contributed by atoms with Gasteiger partial charge in [-0.25, -0.2) is 9.18 Å². The molecule has 1 aromatic heterocycles. The molecular weight excluding hydrogens is 429 g/mol. The van der Waals surface area contributed by atoms with Gasteiger partial charge in [0.25, 0.3) is 0 Å². The van der Waals surface area contributed by atoms with E-state index in [1.165, 1.54) is 23.5 Å². The van der Waals surface area contributed by atoms with Crippen molar-refractivity contribution in [3.05, 3.63) is 56.9 Å². The maximum absolute atomic E-state index is 12.1. The molecule has 1 saturated heterocycles. The normalized spacial score (nSPS) is 17.2. The second-order valence-corrected chi connectivity index (χ2v) is 7.31. The van der Waals surface area contributed by atoms with Crippen molar-refractivity contribution in [2.45, 2.75) is 33.2 Å². The van der Waals surface area contributed by atoms with Crippen LogP contribution in [0.1, 0.15) is 32.2 Å². The Balaban J connectivity index is 0.000000269. The van der Waals surface area contributed by atoms with Crippen LogP contribution in [0.25, 0.3) is 0 Å². The molecule has 2 aliphatic heterocycles. The lowest BCUT2D eigenvalue weighted by Gasteiger charge is -2.26. The molecule has 0 amide bonds. The van der Waals surface area contributed by atoms with Gasteiger partial charge in [0, 0.05) is 29.7 Å². The molecule has 2 aromatic rings. The first kappa shape index (κ1) is 23.9. The molecule has 3 heterocycles. The third kappa shape index (κ3) is 6.07. The number of aliphatic imine (C=N–C) groups is 1. The number of esters is 1. The number of halogens is 2. The Morgan fingerprint density at radius 1 is 1.43 bits per heavy atom. The highest BCUT2D eigenvalue weighted by molar-refractivity contribution is 7.11.